The van der Waals surface area contributed by atoms with Crippen LogP contribution in [0.2, 0.25) is 0 Å². The van der Waals surface area contributed by atoms with E-state index in [4.69, 9.17) is 4.74 Å². The third-order valence-corrected chi connectivity index (χ3v) is 3.98. The lowest BCUT2D eigenvalue weighted by molar-refractivity contribution is -0.385. The van der Waals surface area contributed by atoms with Gasteiger partial charge in [-0.3, -0.25) is 14.9 Å². The molecule has 144 valence electrons. The highest BCUT2D eigenvalue weighted by molar-refractivity contribution is 5.78. The molecule has 0 bridgehead atoms. The van der Waals surface area contributed by atoms with Crippen LogP contribution < -0.4 is 10.1 Å². The van der Waals surface area contributed by atoms with Crippen LogP contribution in [-0.4, -0.2) is 17.4 Å². The first-order valence-corrected chi connectivity index (χ1v) is 8.71. The number of carbonyl (C=O) groups excluding carboxylic acids is 1. The topological polar surface area (TPSA) is 81.5 Å². The fourth-order valence-electron chi connectivity index (χ4n) is 2.68. The molecule has 1 amide bonds. The van der Waals surface area contributed by atoms with E-state index < -0.39 is 28.9 Å². The Kier molecular flexibility index (Phi) is 6.87. The molecule has 0 aliphatic carbocycles. The first-order chi connectivity index (χ1) is 12.8. The van der Waals surface area contributed by atoms with Crippen molar-refractivity contribution in [2.75, 3.05) is 6.61 Å². The highest BCUT2D eigenvalue weighted by Gasteiger charge is 2.18. The molecule has 2 rings (SSSR count). The van der Waals surface area contributed by atoms with Gasteiger partial charge < -0.3 is 10.1 Å². The molecule has 0 saturated carbocycles. The van der Waals surface area contributed by atoms with Crippen LogP contribution in [0.3, 0.4) is 0 Å². The molecule has 0 spiro atoms. The number of nitro benzene ring substituents is 1. The van der Waals surface area contributed by atoms with Crippen molar-refractivity contribution in [3.63, 3.8) is 0 Å². The number of benzene rings is 2. The summed E-state index contributed by atoms with van der Waals surface area (Å²) in [5, 5.41) is 13.7. The molecule has 27 heavy (non-hydrogen) atoms. The van der Waals surface area contributed by atoms with Gasteiger partial charge in [-0.25, -0.2) is 4.39 Å². The third kappa shape index (κ3) is 6.06. The fourth-order valence-corrected chi connectivity index (χ4v) is 2.68. The fraction of sp³-hybridized carbons (Fsp3) is 0.350. The minimum atomic E-state index is -0.686. The van der Waals surface area contributed by atoms with Gasteiger partial charge in [0.1, 0.15) is 5.82 Å². The number of nitro groups is 1. The second-order valence-electron chi connectivity index (χ2n) is 6.79. The van der Waals surface area contributed by atoms with Gasteiger partial charge in [0.25, 0.3) is 5.91 Å². The summed E-state index contributed by atoms with van der Waals surface area (Å²) < 4.78 is 18.4. The summed E-state index contributed by atoms with van der Waals surface area (Å²) in [5.74, 6) is -0.837. The van der Waals surface area contributed by atoms with E-state index in [2.05, 4.69) is 19.2 Å². The number of nitrogens with zero attached hydrogens (tertiary/aromatic N) is 1. The van der Waals surface area contributed by atoms with Crippen LogP contribution in [0.1, 0.15) is 37.9 Å². The number of ether oxygens (including phenoxy) is 1. The van der Waals surface area contributed by atoms with Crippen LogP contribution in [0.15, 0.2) is 42.5 Å². The molecule has 2 aromatic rings. The maximum Gasteiger partial charge on any atom is 0.311 e. The summed E-state index contributed by atoms with van der Waals surface area (Å²) in [7, 11) is 0. The average molecular weight is 374 g/mol. The van der Waals surface area contributed by atoms with Gasteiger partial charge in [-0.1, -0.05) is 38.1 Å². The van der Waals surface area contributed by atoms with Gasteiger partial charge in [-0.15, -0.1) is 0 Å². The smallest absolute Gasteiger partial charge is 0.311 e. The molecular formula is C20H23FN2O4. The largest absolute Gasteiger partial charge is 0.477 e. The Bertz CT molecular complexity index is 806. The molecule has 0 fully saturated rings. The van der Waals surface area contributed by atoms with Gasteiger partial charge >= 0.3 is 5.69 Å². The van der Waals surface area contributed by atoms with Crippen molar-refractivity contribution in [2.24, 2.45) is 5.92 Å². The van der Waals surface area contributed by atoms with Crippen molar-refractivity contribution < 1.29 is 18.8 Å². The maximum absolute atomic E-state index is 13.3. The minimum absolute atomic E-state index is 0.253. The molecule has 7 heteroatoms. The molecule has 0 saturated heterocycles. The van der Waals surface area contributed by atoms with Crippen molar-refractivity contribution >= 4 is 11.6 Å². The van der Waals surface area contributed by atoms with Gasteiger partial charge in [0.15, 0.2) is 6.61 Å². The number of nitrogens with one attached hydrogen (secondary N) is 1. The first kappa shape index (κ1) is 20.4. The van der Waals surface area contributed by atoms with Crippen LogP contribution in [0.5, 0.6) is 5.75 Å². The summed E-state index contributed by atoms with van der Waals surface area (Å²) in [6.07, 6.45) is 0.987. The lowest BCUT2D eigenvalue weighted by Gasteiger charge is -2.15. The normalized spacial score (nSPS) is 11.9. The van der Waals surface area contributed by atoms with Crippen LogP contribution in [0.25, 0.3) is 0 Å². The molecule has 0 aromatic heterocycles. The van der Waals surface area contributed by atoms with E-state index >= 15 is 0 Å². The average Bonchev–Trinajstić information content (AvgIpc) is 2.59. The van der Waals surface area contributed by atoms with Crippen molar-refractivity contribution in [3.05, 3.63) is 69.5 Å². The number of rotatable bonds is 8. The Hall–Kier alpha value is -2.96. The Balaban J connectivity index is 1.94. The van der Waals surface area contributed by atoms with E-state index in [1.165, 1.54) is 5.56 Å². The number of hydrogen-bond acceptors (Lipinski definition) is 4. The Morgan fingerprint density at radius 2 is 1.85 bits per heavy atom. The molecule has 0 radical (unpaired) electrons. The number of halogens is 1. The second kappa shape index (κ2) is 9.12. The van der Waals surface area contributed by atoms with Gasteiger partial charge in [-0.2, -0.15) is 0 Å². The summed E-state index contributed by atoms with van der Waals surface area (Å²) >= 11 is 0. The monoisotopic (exact) mass is 374 g/mol. The molecule has 1 atom stereocenters. The molecule has 6 nitrogen and oxygen atoms in total. The highest BCUT2D eigenvalue weighted by atomic mass is 19.1. The van der Waals surface area contributed by atoms with Crippen LogP contribution >= 0.6 is 0 Å². The molecule has 0 heterocycles. The Labute approximate surface area is 157 Å². The zero-order chi connectivity index (χ0) is 20.0. The predicted octanol–water partition coefficient (Wildman–Crippen LogP) is 4.19. The SMILES string of the molecule is CC(C)Cc1ccc([C@@H](C)NC(=O)COc2cc(F)ccc2[N+](=O)[O-])cc1. The van der Waals surface area contributed by atoms with E-state index in [0.717, 1.165) is 30.2 Å². The second-order valence-corrected chi connectivity index (χ2v) is 6.79. The number of carbonyl (C=O) groups is 1. The van der Waals surface area contributed by atoms with Crippen LogP contribution in [0.4, 0.5) is 10.1 Å². The molecule has 0 unspecified atom stereocenters. The zero-order valence-electron chi connectivity index (χ0n) is 15.6. The molecule has 1 N–H and O–H groups in total. The van der Waals surface area contributed by atoms with Crippen molar-refractivity contribution in [1.82, 2.24) is 5.32 Å². The zero-order valence-corrected chi connectivity index (χ0v) is 15.6. The standard InChI is InChI=1S/C20H23FN2O4/c1-13(2)10-15-4-6-16(7-5-15)14(3)22-20(24)12-27-19-11-17(21)8-9-18(19)23(25)26/h4-9,11,13-14H,10,12H2,1-3H3,(H,22,24)/t14-/m1/s1. The van der Waals surface area contributed by atoms with Crippen LogP contribution in [-0.2, 0) is 11.2 Å². The molecule has 0 aliphatic heterocycles. The highest BCUT2D eigenvalue weighted by Crippen LogP contribution is 2.27. The Morgan fingerprint density at radius 1 is 1.19 bits per heavy atom. The van der Waals surface area contributed by atoms with E-state index in [0.29, 0.717) is 5.92 Å². The molecular weight excluding hydrogens is 351 g/mol. The summed E-state index contributed by atoms with van der Waals surface area (Å²) in [4.78, 5) is 22.3. The molecule has 0 aliphatic rings. The van der Waals surface area contributed by atoms with E-state index in [9.17, 15) is 19.3 Å². The minimum Gasteiger partial charge on any atom is -0.477 e. The van der Waals surface area contributed by atoms with E-state index in [-0.39, 0.29) is 11.8 Å². The number of amides is 1. The molecule has 2 aromatic carbocycles. The van der Waals surface area contributed by atoms with Crippen molar-refractivity contribution in [2.45, 2.75) is 33.2 Å². The Morgan fingerprint density at radius 3 is 2.44 bits per heavy atom. The lowest BCUT2D eigenvalue weighted by Crippen LogP contribution is -2.31. The summed E-state index contributed by atoms with van der Waals surface area (Å²) in [6, 6.07) is 10.6. The van der Waals surface area contributed by atoms with Gasteiger partial charge in [0, 0.05) is 12.1 Å². The van der Waals surface area contributed by atoms with E-state index in [1.54, 1.807) is 0 Å². The van der Waals surface area contributed by atoms with Gasteiger partial charge in [0.05, 0.1) is 11.0 Å². The van der Waals surface area contributed by atoms with Crippen LogP contribution in [0, 0.1) is 21.8 Å². The summed E-state index contributed by atoms with van der Waals surface area (Å²) in [6.45, 7) is 5.69. The maximum atomic E-state index is 13.3. The third-order valence-electron chi connectivity index (χ3n) is 3.98. The van der Waals surface area contributed by atoms with Gasteiger partial charge in [0.2, 0.25) is 5.75 Å². The lowest BCUT2D eigenvalue weighted by atomic mass is 10.00. The first-order valence-electron chi connectivity index (χ1n) is 8.71. The predicted molar refractivity (Wildman–Crippen MR) is 100 cm³/mol. The van der Waals surface area contributed by atoms with Gasteiger partial charge in [-0.05, 0) is 36.5 Å². The summed E-state index contributed by atoms with van der Waals surface area (Å²) in [5.41, 5.74) is 1.78. The quantitative estimate of drug-likeness (QED) is 0.555. The van der Waals surface area contributed by atoms with E-state index in [1.807, 2.05) is 31.2 Å². The number of hydrogen-bond donors (Lipinski definition) is 1. The van der Waals surface area contributed by atoms with Crippen molar-refractivity contribution in [3.8, 4) is 5.75 Å². The van der Waals surface area contributed by atoms with Crippen molar-refractivity contribution in [1.29, 1.82) is 0 Å².